The predicted molar refractivity (Wildman–Crippen MR) is 97.0 cm³/mol. The second kappa shape index (κ2) is 7.00. The quantitative estimate of drug-likeness (QED) is 0.797. The molecule has 0 spiro atoms. The summed E-state index contributed by atoms with van der Waals surface area (Å²) < 4.78 is 1.87. The monoisotopic (exact) mass is 334 g/mol. The SMILES string of the molecule is CC(=O)N(C)c1ccc(NC(=O)c2ccc(-n3ccnc3)cc2)cc1. The molecule has 126 valence electrons. The Hall–Kier alpha value is -3.41. The molecule has 0 saturated carbocycles. The first-order valence-electron chi connectivity index (χ1n) is 7.79. The van der Waals surface area contributed by atoms with Crippen LogP contribution in [-0.2, 0) is 4.79 Å². The van der Waals surface area contributed by atoms with Crippen LogP contribution in [0.1, 0.15) is 17.3 Å². The average Bonchev–Trinajstić information content (AvgIpc) is 3.16. The maximum absolute atomic E-state index is 12.3. The molecule has 25 heavy (non-hydrogen) atoms. The van der Waals surface area contributed by atoms with Crippen LogP contribution in [-0.4, -0.2) is 28.4 Å². The van der Waals surface area contributed by atoms with Gasteiger partial charge in [-0.25, -0.2) is 4.98 Å². The molecule has 6 heteroatoms. The Morgan fingerprint density at radius 1 is 1.04 bits per heavy atom. The number of aromatic nitrogens is 2. The van der Waals surface area contributed by atoms with E-state index in [9.17, 15) is 9.59 Å². The fourth-order valence-corrected chi connectivity index (χ4v) is 2.35. The minimum atomic E-state index is -0.190. The van der Waals surface area contributed by atoms with Crippen LogP contribution in [0.25, 0.3) is 5.69 Å². The van der Waals surface area contributed by atoms with E-state index in [-0.39, 0.29) is 11.8 Å². The number of rotatable bonds is 4. The topological polar surface area (TPSA) is 67.2 Å². The molecule has 3 rings (SSSR count). The fourth-order valence-electron chi connectivity index (χ4n) is 2.35. The van der Waals surface area contributed by atoms with Crippen molar-refractivity contribution in [3.8, 4) is 5.69 Å². The first-order valence-corrected chi connectivity index (χ1v) is 7.79. The van der Waals surface area contributed by atoms with Crippen LogP contribution in [0.5, 0.6) is 0 Å². The highest BCUT2D eigenvalue weighted by Crippen LogP contribution is 2.18. The third-order valence-corrected chi connectivity index (χ3v) is 3.92. The smallest absolute Gasteiger partial charge is 0.255 e. The number of nitrogens with zero attached hydrogens (tertiary/aromatic N) is 3. The van der Waals surface area contributed by atoms with E-state index in [2.05, 4.69) is 10.3 Å². The van der Waals surface area contributed by atoms with Gasteiger partial charge in [-0.05, 0) is 48.5 Å². The normalized spacial score (nSPS) is 10.3. The Labute approximate surface area is 145 Å². The molecule has 3 aromatic rings. The van der Waals surface area contributed by atoms with E-state index in [0.29, 0.717) is 11.3 Å². The van der Waals surface area contributed by atoms with Gasteiger partial charge < -0.3 is 14.8 Å². The molecule has 1 heterocycles. The van der Waals surface area contributed by atoms with E-state index in [1.54, 1.807) is 60.9 Å². The number of benzene rings is 2. The van der Waals surface area contributed by atoms with Gasteiger partial charge in [-0.3, -0.25) is 9.59 Å². The summed E-state index contributed by atoms with van der Waals surface area (Å²) >= 11 is 0. The van der Waals surface area contributed by atoms with E-state index in [1.165, 1.54) is 6.92 Å². The van der Waals surface area contributed by atoms with E-state index in [0.717, 1.165) is 11.4 Å². The third kappa shape index (κ3) is 3.74. The van der Waals surface area contributed by atoms with Crippen LogP contribution < -0.4 is 10.2 Å². The molecule has 2 aromatic carbocycles. The van der Waals surface area contributed by atoms with Gasteiger partial charge in [-0.15, -0.1) is 0 Å². The largest absolute Gasteiger partial charge is 0.322 e. The molecule has 0 aliphatic rings. The fraction of sp³-hybridized carbons (Fsp3) is 0.105. The summed E-state index contributed by atoms with van der Waals surface area (Å²) in [5.74, 6) is -0.236. The number of anilines is 2. The first kappa shape index (κ1) is 16.4. The maximum Gasteiger partial charge on any atom is 0.255 e. The van der Waals surface area contributed by atoms with Crippen molar-refractivity contribution in [3.05, 3.63) is 72.8 Å². The van der Waals surface area contributed by atoms with Gasteiger partial charge in [-0.2, -0.15) is 0 Å². The summed E-state index contributed by atoms with van der Waals surface area (Å²) in [6.45, 7) is 1.50. The minimum absolute atomic E-state index is 0.0465. The van der Waals surface area contributed by atoms with Crippen molar-refractivity contribution in [2.75, 3.05) is 17.3 Å². The number of hydrogen-bond donors (Lipinski definition) is 1. The Morgan fingerprint density at radius 2 is 1.72 bits per heavy atom. The highest BCUT2D eigenvalue weighted by atomic mass is 16.2. The summed E-state index contributed by atoms with van der Waals surface area (Å²) in [6.07, 6.45) is 5.25. The zero-order valence-electron chi connectivity index (χ0n) is 14.0. The summed E-state index contributed by atoms with van der Waals surface area (Å²) in [4.78, 5) is 29.2. The number of amides is 2. The van der Waals surface area contributed by atoms with Crippen molar-refractivity contribution < 1.29 is 9.59 Å². The highest BCUT2D eigenvalue weighted by Gasteiger charge is 2.08. The van der Waals surface area contributed by atoms with Gasteiger partial charge in [-0.1, -0.05) is 0 Å². The summed E-state index contributed by atoms with van der Waals surface area (Å²) in [7, 11) is 1.71. The van der Waals surface area contributed by atoms with Gasteiger partial charge in [0.05, 0.1) is 6.33 Å². The lowest BCUT2D eigenvalue weighted by Crippen LogP contribution is -2.22. The molecule has 6 nitrogen and oxygen atoms in total. The van der Waals surface area contributed by atoms with Gasteiger partial charge in [0.15, 0.2) is 0 Å². The Bertz CT molecular complexity index is 869. The van der Waals surface area contributed by atoms with Gasteiger partial charge in [0, 0.05) is 49.0 Å². The molecule has 0 unspecified atom stereocenters. The summed E-state index contributed by atoms with van der Waals surface area (Å²) in [6, 6.07) is 14.4. The summed E-state index contributed by atoms with van der Waals surface area (Å²) in [5.41, 5.74) is 2.94. The molecule has 0 fully saturated rings. The number of carbonyl (C=O) groups is 2. The van der Waals surface area contributed by atoms with E-state index < -0.39 is 0 Å². The second-order valence-electron chi connectivity index (χ2n) is 5.60. The lowest BCUT2D eigenvalue weighted by molar-refractivity contribution is -0.116. The molecule has 0 radical (unpaired) electrons. The van der Waals surface area contributed by atoms with Crippen molar-refractivity contribution in [2.45, 2.75) is 6.92 Å². The molecule has 0 aliphatic heterocycles. The highest BCUT2D eigenvalue weighted by molar-refractivity contribution is 6.04. The second-order valence-corrected chi connectivity index (χ2v) is 5.60. The van der Waals surface area contributed by atoms with Crippen LogP contribution >= 0.6 is 0 Å². The van der Waals surface area contributed by atoms with Crippen molar-refractivity contribution >= 4 is 23.2 Å². The molecule has 0 bridgehead atoms. The van der Waals surface area contributed by atoms with Crippen molar-refractivity contribution in [1.29, 1.82) is 0 Å². The van der Waals surface area contributed by atoms with Crippen LogP contribution in [0.15, 0.2) is 67.3 Å². The lowest BCUT2D eigenvalue weighted by atomic mass is 10.2. The van der Waals surface area contributed by atoms with Gasteiger partial charge >= 0.3 is 0 Å². The Kier molecular flexibility index (Phi) is 4.61. The van der Waals surface area contributed by atoms with Gasteiger partial charge in [0.25, 0.3) is 5.91 Å². The zero-order valence-corrected chi connectivity index (χ0v) is 14.0. The van der Waals surface area contributed by atoms with Crippen molar-refractivity contribution in [3.63, 3.8) is 0 Å². The van der Waals surface area contributed by atoms with Crippen LogP contribution in [0.4, 0.5) is 11.4 Å². The van der Waals surface area contributed by atoms with Crippen LogP contribution in [0, 0.1) is 0 Å². The molecule has 2 amide bonds. The molecular formula is C19H18N4O2. The van der Waals surface area contributed by atoms with Gasteiger partial charge in [0.2, 0.25) is 5.91 Å². The van der Waals surface area contributed by atoms with Crippen molar-refractivity contribution in [1.82, 2.24) is 9.55 Å². The number of nitrogens with one attached hydrogen (secondary N) is 1. The molecular weight excluding hydrogens is 316 g/mol. The van der Waals surface area contributed by atoms with Crippen molar-refractivity contribution in [2.24, 2.45) is 0 Å². The summed E-state index contributed by atoms with van der Waals surface area (Å²) in [5, 5.41) is 2.85. The molecule has 0 atom stereocenters. The molecule has 1 aromatic heterocycles. The maximum atomic E-state index is 12.3. The average molecular weight is 334 g/mol. The number of carbonyl (C=O) groups excluding carboxylic acids is 2. The minimum Gasteiger partial charge on any atom is -0.322 e. The van der Waals surface area contributed by atoms with Crippen LogP contribution in [0.2, 0.25) is 0 Å². The lowest BCUT2D eigenvalue weighted by Gasteiger charge is -2.15. The first-order chi connectivity index (χ1) is 12.0. The zero-order chi connectivity index (χ0) is 17.8. The number of hydrogen-bond acceptors (Lipinski definition) is 3. The predicted octanol–water partition coefficient (Wildman–Crippen LogP) is 3.11. The van der Waals surface area contributed by atoms with Gasteiger partial charge in [0.1, 0.15) is 0 Å². The van der Waals surface area contributed by atoms with E-state index in [4.69, 9.17) is 0 Å². The molecule has 0 saturated heterocycles. The number of imidazole rings is 1. The standard InChI is InChI=1S/C19H18N4O2/c1-14(24)22(2)17-9-5-16(6-10-17)21-19(25)15-3-7-18(8-4-15)23-12-11-20-13-23/h3-13H,1-2H3,(H,21,25). The Balaban J connectivity index is 1.68. The third-order valence-electron chi connectivity index (χ3n) is 3.92. The van der Waals surface area contributed by atoms with E-state index >= 15 is 0 Å². The molecule has 0 aliphatic carbocycles. The van der Waals surface area contributed by atoms with Crippen LogP contribution in [0.3, 0.4) is 0 Å². The Morgan fingerprint density at radius 3 is 2.28 bits per heavy atom. The molecule has 1 N–H and O–H groups in total. The van der Waals surface area contributed by atoms with E-state index in [1.807, 2.05) is 22.9 Å².